The zero-order valence-electron chi connectivity index (χ0n) is 10.7. The number of rotatable bonds is 4. The number of azo groups is 1. The zero-order chi connectivity index (χ0) is 14.7. The van der Waals surface area contributed by atoms with Crippen molar-refractivity contribution in [2.45, 2.75) is 19.1 Å². The summed E-state index contributed by atoms with van der Waals surface area (Å²) in [7, 11) is 0. The molecule has 1 aromatic rings. The lowest BCUT2D eigenvalue weighted by Gasteiger charge is -2.14. The average molecular weight is 278 g/mol. The van der Waals surface area contributed by atoms with Gasteiger partial charge in [0.05, 0.1) is 12.3 Å². The van der Waals surface area contributed by atoms with Crippen LogP contribution in [0, 0.1) is 6.92 Å². The highest BCUT2D eigenvalue weighted by Crippen LogP contribution is 2.25. The maximum absolute atomic E-state index is 11.5. The number of hydrogen-bond acceptors (Lipinski definition) is 7. The van der Waals surface area contributed by atoms with Crippen LogP contribution in [0.1, 0.15) is 5.56 Å². The Hall–Kier alpha value is -2.25. The van der Waals surface area contributed by atoms with Crippen LogP contribution in [0.15, 0.2) is 46.0 Å². The van der Waals surface area contributed by atoms with Crippen LogP contribution in [0.25, 0.3) is 0 Å². The van der Waals surface area contributed by atoms with Crippen molar-refractivity contribution in [3.8, 4) is 0 Å². The summed E-state index contributed by atoms with van der Waals surface area (Å²) < 4.78 is 4.72. The number of benzene rings is 1. The van der Waals surface area contributed by atoms with Crippen LogP contribution < -0.4 is 0 Å². The van der Waals surface area contributed by atoms with Gasteiger partial charge in [-0.25, -0.2) is 4.79 Å². The van der Waals surface area contributed by atoms with Gasteiger partial charge in [-0.1, -0.05) is 17.7 Å². The van der Waals surface area contributed by atoms with Crippen LogP contribution in [-0.2, 0) is 9.53 Å². The SMILES string of the molecule is Cc1ccc(N=NC2=C(O)[C@@H]([C@@H](O)CO)OC2=O)cc1. The number of nitrogens with zero attached hydrogens (tertiary/aromatic N) is 2. The smallest absolute Gasteiger partial charge is 0.363 e. The molecule has 7 nitrogen and oxygen atoms in total. The Morgan fingerprint density at radius 1 is 1.30 bits per heavy atom. The number of carbonyl (C=O) groups excluding carboxylic acids is 1. The highest BCUT2D eigenvalue weighted by molar-refractivity contribution is 5.91. The molecule has 1 heterocycles. The number of aliphatic hydroxyl groups is 3. The van der Waals surface area contributed by atoms with Gasteiger partial charge in [-0.15, -0.1) is 5.11 Å². The quantitative estimate of drug-likeness (QED) is 0.564. The molecule has 0 saturated carbocycles. The van der Waals surface area contributed by atoms with Crippen LogP contribution in [0.2, 0.25) is 0 Å². The molecular formula is C13H14N2O5. The first-order valence-corrected chi connectivity index (χ1v) is 5.94. The van der Waals surface area contributed by atoms with Crippen LogP contribution in [0.5, 0.6) is 0 Å². The Labute approximate surface area is 114 Å². The maximum atomic E-state index is 11.5. The second kappa shape index (κ2) is 5.81. The van der Waals surface area contributed by atoms with Crippen molar-refractivity contribution in [3.63, 3.8) is 0 Å². The zero-order valence-corrected chi connectivity index (χ0v) is 10.7. The first-order chi connectivity index (χ1) is 9.52. The van der Waals surface area contributed by atoms with E-state index in [9.17, 15) is 15.0 Å². The van der Waals surface area contributed by atoms with Crippen LogP contribution in [-0.4, -0.2) is 40.1 Å². The summed E-state index contributed by atoms with van der Waals surface area (Å²) in [6.45, 7) is 1.27. The molecule has 0 unspecified atom stereocenters. The van der Waals surface area contributed by atoms with Gasteiger partial charge in [0.2, 0.25) is 5.70 Å². The molecule has 1 aromatic carbocycles. The van der Waals surface area contributed by atoms with Crippen molar-refractivity contribution >= 4 is 11.7 Å². The van der Waals surface area contributed by atoms with E-state index in [-0.39, 0.29) is 5.70 Å². The number of esters is 1. The van der Waals surface area contributed by atoms with E-state index in [0.29, 0.717) is 5.69 Å². The normalized spacial score (nSPS) is 20.6. The van der Waals surface area contributed by atoms with E-state index < -0.39 is 30.5 Å². The van der Waals surface area contributed by atoms with Crippen molar-refractivity contribution in [1.82, 2.24) is 0 Å². The highest BCUT2D eigenvalue weighted by atomic mass is 16.6. The fourth-order valence-corrected chi connectivity index (χ4v) is 1.63. The summed E-state index contributed by atoms with van der Waals surface area (Å²) in [6, 6.07) is 7.06. The molecule has 0 spiro atoms. The molecule has 7 heteroatoms. The van der Waals surface area contributed by atoms with Crippen LogP contribution in [0.3, 0.4) is 0 Å². The third-order valence-electron chi connectivity index (χ3n) is 2.78. The van der Waals surface area contributed by atoms with E-state index in [0.717, 1.165) is 5.56 Å². The van der Waals surface area contributed by atoms with Crippen molar-refractivity contribution in [2.75, 3.05) is 6.61 Å². The van der Waals surface area contributed by atoms with Gasteiger partial charge in [-0.3, -0.25) is 0 Å². The molecule has 0 aromatic heterocycles. The van der Waals surface area contributed by atoms with Crippen molar-refractivity contribution in [1.29, 1.82) is 0 Å². The van der Waals surface area contributed by atoms with Gasteiger partial charge >= 0.3 is 5.97 Å². The molecule has 3 N–H and O–H groups in total. The number of aryl methyl sites for hydroxylation is 1. The molecular weight excluding hydrogens is 264 g/mol. The number of carbonyl (C=O) groups is 1. The minimum Gasteiger partial charge on any atom is -0.506 e. The number of aliphatic hydroxyl groups excluding tert-OH is 3. The summed E-state index contributed by atoms with van der Waals surface area (Å²) in [6.07, 6.45) is -2.70. The molecule has 2 atom stereocenters. The molecule has 0 amide bonds. The Bertz CT molecular complexity index is 565. The molecule has 0 saturated heterocycles. The highest BCUT2D eigenvalue weighted by Gasteiger charge is 2.39. The van der Waals surface area contributed by atoms with E-state index in [1.54, 1.807) is 12.1 Å². The third-order valence-corrected chi connectivity index (χ3v) is 2.78. The Morgan fingerprint density at radius 3 is 2.55 bits per heavy atom. The molecule has 20 heavy (non-hydrogen) atoms. The van der Waals surface area contributed by atoms with E-state index >= 15 is 0 Å². The lowest BCUT2D eigenvalue weighted by molar-refractivity contribution is -0.145. The van der Waals surface area contributed by atoms with E-state index in [4.69, 9.17) is 9.84 Å². The summed E-state index contributed by atoms with van der Waals surface area (Å²) in [5.41, 5.74) is 1.19. The van der Waals surface area contributed by atoms with Gasteiger partial charge < -0.3 is 20.1 Å². The fourth-order valence-electron chi connectivity index (χ4n) is 1.63. The second-order valence-electron chi connectivity index (χ2n) is 4.35. The minimum atomic E-state index is -1.40. The van der Waals surface area contributed by atoms with Gasteiger partial charge in [0.1, 0.15) is 6.10 Å². The van der Waals surface area contributed by atoms with Crippen molar-refractivity contribution in [3.05, 3.63) is 41.3 Å². The molecule has 0 radical (unpaired) electrons. The number of cyclic esters (lactones) is 1. The predicted molar refractivity (Wildman–Crippen MR) is 68.3 cm³/mol. The molecule has 2 rings (SSSR count). The Morgan fingerprint density at radius 2 is 1.95 bits per heavy atom. The number of hydrogen-bond donors (Lipinski definition) is 3. The fraction of sp³-hybridized carbons (Fsp3) is 0.308. The Kier molecular flexibility index (Phi) is 4.11. The van der Waals surface area contributed by atoms with Crippen molar-refractivity contribution in [2.24, 2.45) is 10.2 Å². The molecule has 0 bridgehead atoms. The minimum absolute atomic E-state index is 0.372. The van der Waals surface area contributed by atoms with Gasteiger partial charge in [0.25, 0.3) is 0 Å². The molecule has 0 aliphatic carbocycles. The van der Waals surface area contributed by atoms with Crippen molar-refractivity contribution < 1.29 is 24.9 Å². The lowest BCUT2D eigenvalue weighted by atomic mass is 10.2. The van der Waals surface area contributed by atoms with Gasteiger partial charge in [-0.2, -0.15) is 5.11 Å². The topological polar surface area (TPSA) is 112 Å². The summed E-state index contributed by atoms with van der Waals surface area (Å²) in [5, 5.41) is 35.4. The molecule has 1 aliphatic rings. The molecule has 1 aliphatic heterocycles. The van der Waals surface area contributed by atoms with E-state index in [1.165, 1.54) is 0 Å². The molecule has 0 fully saturated rings. The summed E-state index contributed by atoms with van der Waals surface area (Å²) in [5.74, 6) is -1.43. The first-order valence-electron chi connectivity index (χ1n) is 5.94. The number of ether oxygens (including phenoxy) is 1. The van der Waals surface area contributed by atoms with Crippen LogP contribution in [0.4, 0.5) is 5.69 Å². The molecule has 106 valence electrons. The largest absolute Gasteiger partial charge is 0.506 e. The monoisotopic (exact) mass is 278 g/mol. The maximum Gasteiger partial charge on any atom is 0.363 e. The van der Waals surface area contributed by atoms with E-state index in [1.807, 2.05) is 19.1 Å². The van der Waals surface area contributed by atoms with Gasteiger partial charge in [-0.05, 0) is 19.1 Å². The Balaban J connectivity index is 2.21. The van der Waals surface area contributed by atoms with E-state index in [2.05, 4.69) is 10.2 Å². The third kappa shape index (κ3) is 2.84. The summed E-state index contributed by atoms with van der Waals surface area (Å²) in [4.78, 5) is 11.5. The second-order valence-corrected chi connectivity index (χ2v) is 4.35. The van der Waals surface area contributed by atoms with Gasteiger partial charge in [0, 0.05) is 0 Å². The summed E-state index contributed by atoms with van der Waals surface area (Å²) >= 11 is 0. The predicted octanol–water partition coefficient (Wildman–Crippen LogP) is 1.13. The lowest BCUT2D eigenvalue weighted by Crippen LogP contribution is -2.31. The average Bonchev–Trinajstić information content (AvgIpc) is 2.73. The standard InChI is InChI=1S/C13H14N2O5/c1-7-2-4-8(5-3-7)14-15-10-11(18)12(9(17)6-16)20-13(10)19/h2-5,9,12,16-18H,6H2,1H3/t9-,12+/m0/s1. The van der Waals surface area contributed by atoms with Gasteiger partial charge in [0.15, 0.2) is 11.9 Å². The first kappa shape index (κ1) is 14.2. The van der Waals surface area contributed by atoms with Crippen LogP contribution >= 0.6 is 0 Å².